The smallest absolute Gasteiger partial charge is 0.331 e. The zero-order chi connectivity index (χ0) is 21.9. The highest BCUT2D eigenvalue weighted by molar-refractivity contribution is 5.94. The first kappa shape index (κ1) is 22.9. The average molecular weight is 414 g/mol. The van der Waals surface area contributed by atoms with E-state index < -0.39 is 24.0 Å². The van der Waals surface area contributed by atoms with Crippen LogP contribution >= 0.6 is 0 Å². The van der Waals surface area contributed by atoms with Crippen LogP contribution in [0, 0.1) is 0 Å². The molecule has 0 saturated carbocycles. The molecule has 2 amide bonds. The summed E-state index contributed by atoms with van der Waals surface area (Å²) in [5.41, 5.74) is 1.04. The van der Waals surface area contributed by atoms with Crippen molar-refractivity contribution in [3.63, 3.8) is 0 Å². The molecular weight excluding hydrogens is 388 g/mol. The van der Waals surface area contributed by atoms with E-state index in [-0.39, 0.29) is 25.4 Å². The topological polar surface area (TPSA) is 114 Å². The van der Waals surface area contributed by atoms with Gasteiger partial charge in [-0.25, -0.2) is 4.79 Å². The van der Waals surface area contributed by atoms with Gasteiger partial charge in [0.2, 0.25) is 11.8 Å². The molecule has 0 heterocycles. The van der Waals surface area contributed by atoms with Gasteiger partial charge in [-0.15, -0.1) is 0 Å². The quantitative estimate of drug-likeness (QED) is 0.514. The lowest BCUT2D eigenvalue weighted by Gasteiger charge is -2.22. The molecule has 0 aliphatic rings. The van der Waals surface area contributed by atoms with Crippen LogP contribution in [-0.4, -0.2) is 42.6 Å². The highest BCUT2D eigenvalue weighted by Gasteiger charge is 2.31. The van der Waals surface area contributed by atoms with Gasteiger partial charge in [-0.05, 0) is 36.8 Å². The van der Waals surface area contributed by atoms with Gasteiger partial charge in [0.05, 0.1) is 13.7 Å². The van der Waals surface area contributed by atoms with Crippen LogP contribution in [0.15, 0.2) is 54.6 Å². The monoisotopic (exact) mass is 414 g/mol. The first-order valence-electron chi connectivity index (χ1n) is 9.57. The SMILES string of the molecule is CCOC(=O)C(NC(=O)CCC(=O)Nc1ccc(OC)cc1)C(O)c1ccccc1. The Hall–Kier alpha value is -3.39. The Balaban J connectivity index is 1.92. The number of nitrogens with one attached hydrogen (secondary N) is 2. The van der Waals surface area contributed by atoms with Crippen molar-refractivity contribution in [3.05, 3.63) is 60.2 Å². The number of carbonyl (C=O) groups is 3. The summed E-state index contributed by atoms with van der Waals surface area (Å²) in [7, 11) is 1.55. The molecule has 0 aromatic heterocycles. The van der Waals surface area contributed by atoms with Crippen LogP contribution in [0.25, 0.3) is 0 Å². The summed E-state index contributed by atoms with van der Waals surface area (Å²) >= 11 is 0. The van der Waals surface area contributed by atoms with Gasteiger partial charge in [-0.3, -0.25) is 9.59 Å². The van der Waals surface area contributed by atoms with Gasteiger partial charge in [0.25, 0.3) is 0 Å². The van der Waals surface area contributed by atoms with E-state index in [2.05, 4.69) is 10.6 Å². The average Bonchev–Trinajstić information content (AvgIpc) is 2.77. The number of hydrogen-bond donors (Lipinski definition) is 3. The number of esters is 1. The fourth-order valence-electron chi connectivity index (χ4n) is 2.71. The minimum Gasteiger partial charge on any atom is -0.497 e. The Morgan fingerprint density at radius 3 is 2.20 bits per heavy atom. The Morgan fingerprint density at radius 2 is 1.60 bits per heavy atom. The molecule has 0 radical (unpaired) electrons. The molecule has 0 bridgehead atoms. The van der Waals surface area contributed by atoms with Gasteiger partial charge in [0, 0.05) is 18.5 Å². The third kappa shape index (κ3) is 6.89. The van der Waals surface area contributed by atoms with Crippen LogP contribution in [0.3, 0.4) is 0 Å². The number of anilines is 1. The van der Waals surface area contributed by atoms with Crippen LogP contribution in [0.2, 0.25) is 0 Å². The summed E-state index contributed by atoms with van der Waals surface area (Å²) in [5.74, 6) is -0.987. The highest BCUT2D eigenvalue weighted by Crippen LogP contribution is 2.18. The standard InChI is InChI=1S/C22H26N2O6/c1-3-30-22(28)20(21(27)15-7-5-4-6-8-15)24-19(26)14-13-18(25)23-16-9-11-17(29-2)12-10-16/h4-12,20-21,27H,3,13-14H2,1-2H3,(H,23,25)(H,24,26). The number of aliphatic hydroxyl groups excluding tert-OH is 1. The van der Waals surface area contributed by atoms with Crippen LogP contribution in [-0.2, 0) is 19.1 Å². The number of amides is 2. The molecule has 2 aromatic rings. The van der Waals surface area contributed by atoms with Crippen molar-refractivity contribution < 1.29 is 29.0 Å². The van der Waals surface area contributed by atoms with Gasteiger partial charge in [0.1, 0.15) is 11.9 Å². The summed E-state index contributed by atoms with van der Waals surface area (Å²) in [6.07, 6.45) is -1.52. The zero-order valence-corrected chi connectivity index (χ0v) is 17.0. The van der Waals surface area contributed by atoms with Gasteiger partial charge in [0.15, 0.2) is 6.04 Å². The molecule has 2 rings (SSSR count). The van der Waals surface area contributed by atoms with E-state index in [0.717, 1.165) is 0 Å². The maximum atomic E-state index is 12.3. The number of benzene rings is 2. The summed E-state index contributed by atoms with van der Waals surface area (Å²) in [4.78, 5) is 36.6. The van der Waals surface area contributed by atoms with Gasteiger partial charge < -0.3 is 25.2 Å². The minimum atomic E-state index is -1.28. The van der Waals surface area contributed by atoms with Crippen LogP contribution in [0.5, 0.6) is 5.75 Å². The molecule has 3 N–H and O–H groups in total. The fraction of sp³-hybridized carbons (Fsp3) is 0.318. The van der Waals surface area contributed by atoms with Crippen molar-refractivity contribution in [3.8, 4) is 5.75 Å². The van der Waals surface area contributed by atoms with E-state index in [1.54, 1.807) is 68.6 Å². The largest absolute Gasteiger partial charge is 0.497 e. The number of carbonyl (C=O) groups excluding carboxylic acids is 3. The molecule has 0 spiro atoms. The number of hydrogen-bond acceptors (Lipinski definition) is 6. The zero-order valence-electron chi connectivity index (χ0n) is 17.0. The van der Waals surface area contributed by atoms with E-state index in [1.165, 1.54) is 0 Å². The lowest BCUT2D eigenvalue weighted by molar-refractivity contribution is -0.151. The first-order valence-corrected chi connectivity index (χ1v) is 9.57. The summed E-state index contributed by atoms with van der Waals surface area (Å²) in [6, 6.07) is 14.0. The molecule has 2 atom stereocenters. The summed E-state index contributed by atoms with van der Waals surface area (Å²) < 4.78 is 10.0. The molecule has 160 valence electrons. The Bertz CT molecular complexity index is 838. The van der Waals surface area contributed by atoms with Crippen molar-refractivity contribution in [1.82, 2.24) is 5.32 Å². The second-order valence-electron chi connectivity index (χ2n) is 6.43. The van der Waals surface area contributed by atoms with Gasteiger partial charge >= 0.3 is 5.97 Å². The van der Waals surface area contributed by atoms with Gasteiger partial charge in [-0.1, -0.05) is 30.3 Å². The molecule has 0 saturated heterocycles. The number of ether oxygens (including phenoxy) is 2. The van der Waals surface area contributed by atoms with Crippen LogP contribution in [0.4, 0.5) is 5.69 Å². The van der Waals surface area contributed by atoms with Gasteiger partial charge in [-0.2, -0.15) is 0 Å². The Kier molecular flexibility index (Phi) is 8.83. The lowest BCUT2D eigenvalue weighted by atomic mass is 10.0. The number of aliphatic hydroxyl groups is 1. The molecule has 8 nitrogen and oxygen atoms in total. The first-order chi connectivity index (χ1) is 14.4. The normalized spacial score (nSPS) is 12.4. The molecule has 8 heteroatoms. The molecule has 30 heavy (non-hydrogen) atoms. The van der Waals surface area contributed by atoms with E-state index in [9.17, 15) is 19.5 Å². The van der Waals surface area contributed by atoms with E-state index >= 15 is 0 Å². The van der Waals surface area contributed by atoms with E-state index in [4.69, 9.17) is 9.47 Å². The number of methoxy groups -OCH3 is 1. The fourth-order valence-corrected chi connectivity index (χ4v) is 2.71. The summed E-state index contributed by atoms with van der Waals surface area (Å²) in [6.45, 7) is 1.74. The second kappa shape index (κ2) is 11.6. The maximum Gasteiger partial charge on any atom is 0.331 e. The highest BCUT2D eigenvalue weighted by atomic mass is 16.5. The second-order valence-corrected chi connectivity index (χ2v) is 6.43. The summed E-state index contributed by atoms with van der Waals surface area (Å²) in [5, 5.41) is 15.7. The van der Waals surface area contributed by atoms with E-state index in [1.807, 2.05) is 0 Å². The number of rotatable bonds is 10. The third-order valence-corrected chi connectivity index (χ3v) is 4.27. The Labute approximate surface area is 175 Å². The van der Waals surface area contributed by atoms with Crippen molar-refractivity contribution in [2.24, 2.45) is 0 Å². The maximum absolute atomic E-state index is 12.3. The predicted molar refractivity (Wildman–Crippen MR) is 111 cm³/mol. The predicted octanol–water partition coefficient (Wildman–Crippen LogP) is 2.20. The van der Waals surface area contributed by atoms with Crippen molar-refractivity contribution in [1.29, 1.82) is 0 Å². The Morgan fingerprint density at radius 1 is 0.967 bits per heavy atom. The lowest BCUT2D eigenvalue weighted by Crippen LogP contribution is -2.46. The van der Waals surface area contributed by atoms with Crippen molar-refractivity contribution in [2.75, 3.05) is 19.0 Å². The van der Waals surface area contributed by atoms with E-state index in [0.29, 0.717) is 17.0 Å². The molecule has 0 aliphatic heterocycles. The molecule has 2 unspecified atom stereocenters. The molecule has 0 fully saturated rings. The molecule has 0 aliphatic carbocycles. The minimum absolute atomic E-state index is 0.0885. The van der Waals surface area contributed by atoms with Crippen molar-refractivity contribution in [2.45, 2.75) is 31.9 Å². The van der Waals surface area contributed by atoms with Crippen LogP contribution < -0.4 is 15.4 Å². The van der Waals surface area contributed by atoms with Crippen LogP contribution in [0.1, 0.15) is 31.4 Å². The third-order valence-electron chi connectivity index (χ3n) is 4.27. The molecular formula is C22H26N2O6. The van der Waals surface area contributed by atoms with Crippen molar-refractivity contribution >= 4 is 23.5 Å². The molecule has 2 aromatic carbocycles.